The van der Waals surface area contributed by atoms with Gasteiger partial charge in [0.05, 0.1) is 0 Å². The van der Waals surface area contributed by atoms with Crippen LogP contribution in [0.2, 0.25) is 6.82 Å². The summed E-state index contributed by atoms with van der Waals surface area (Å²) in [4.78, 5) is 0. The van der Waals surface area contributed by atoms with Crippen LogP contribution in [0.1, 0.15) is 5.56 Å². The lowest BCUT2D eigenvalue weighted by Crippen LogP contribution is -2.08. The molecule has 0 aromatic heterocycles. The van der Waals surface area contributed by atoms with Gasteiger partial charge in [-0.05, 0) is 18.1 Å². The first kappa shape index (κ1) is 10.0. The Morgan fingerprint density at radius 1 is 0.733 bits per heavy atom. The molecule has 15 heavy (non-hydrogen) atoms. The molecule has 0 aliphatic carbocycles. The molecule has 0 unspecified atom stereocenters. The predicted octanol–water partition coefficient (Wildman–Crippen LogP) is 2.77. The zero-order valence-corrected chi connectivity index (χ0v) is 9.33. The molecule has 0 aliphatic heterocycles. The largest absolute Gasteiger partial charge is 0.154 e. The van der Waals surface area contributed by atoms with Crippen LogP contribution in [0, 0.1) is 6.92 Å². The highest BCUT2D eigenvalue weighted by atomic mass is 14.0. The Balaban J connectivity index is 2.33. The van der Waals surface area contributed by atoms with Crippen LogP contribution in [-0.2, 0) is 0 Å². The highest BCUT2D eigenvalue weighted by molar-refractivity contribution is 6.51. The van der Waals surface area contributed by atoms with E-state index >= 15 is 0 Å². The molecule has 0 saturated heterocycles. The molecule has 0 amide bonds. The first-order valence-corrected chi connectivity index (χ1v) is 5.45. The van der Waals surface area contributed by atoms with Crippen molar-refractivity contribution in [3.8, 4) is 11.1 Å². The maximum absolute atomic E-state index is 2.20. The molecule has 0 spiro atoms. The average molecular weight is 194 g/mol. The standard InChI is InChI=1S/C14H15B/c1-11-3-5-12(6-4-11)13-7-9-14(15-2)10-8-13/h3-10,15H,1-2H3. The van der Waals surface area contributed by atoms with Gasteiger partial charge in [-0.25, -0.2) is 0 Å². The summed E-state index contributed by atoms with van der Waals surface area (Å²) < 4.78 is 0. The van der Waals surface area contributed by atoms with Gasteiger partial charge < -0.3 is 0 Å². The van der Waals surface area contributed by atoms with Crippen LogP contribution in [0.15, 0.2) is 48.5 Å². The number of aryl methyl sites for hydroxylation is 1. The van der Waals surface area contributed by atoms with E-state index in [1.165, 1.54) is 22.2 Å². The molecule has 0 saturated carbocycles. The summed E-state index contributed by atoms with van der Waals surface area (Å²) in [6.07, 6.45) is 0. The first-order chi connectivity index (χ1) is 7.29. The molecular formula is C14H15B. The van der Waals surface area contributed by atoms with E-state index in [2.05, 4.69) is 62.3 Å². The molecule has 0 aliphatic rings. The van der Waals surface area contributed by atoms with Crippen molar-refractivity contribution in [1.82, 2.24) is 0 Å². The van der Waals surface area contributed by atoms with Gasteiger partial charge in [0.25, 0.3) is 0 Å². The number of rotatable bonds is 2. The van der Waals surface area contributed by atoms with E-state index in [1.807, 2.05) is 0 Å². The van der Waals surface area contributed by atoms with Gasteiger partial charge in [-0.3, -0.25) is 0 Å². The number of hydrogen-bond acceptors (Lipinski definition) is 0. The fourth-order valence-corrected chi connectivity index (χ4v) is 1.68. The number of hydrogen-bond donors (Lipinski definition) is 0. The van der Waals surface area contributed by atoms with Crippen molar-refractivity contribution in [3.05, 3.63) is 54.1 Å². The Kier molecular flexibility index (Phi) is 2.91. The molecule has 0 heterocycles. The third-order valence-corrected chi connectivity index (χ3v) is 2.75. The van der Waals surface area contributed by atoms with Gasteiger partial charge in [-0.2, -0.15) is 0 Å². The van der Waals surface area contributed by atoms with Crippen molar-refractivity contribution >= 4 is 12.7 Å². The van der Waals surface area contributed by atoms with Crippen molar-refractivity contribution in [2.24, 2.45) is 0 Å². The van der Waals surface area contributed by atoms with Gasteiger partial charge in [-0.15, -0.1) is 0 Å². The summed E-state index contributed by atoms with van der Waals surface area (Å²) in [6, 6.07) is 17.5. The highest BCUT2D eigenvalue weighted by Gasteiger charge is 1.96. The molecule has 0 radical (unpaired) electrons. The van der Waals surface area contributed by atoms with Crippen LogP contribution < -0.4 is 5.46 Å². The lowest BCUT2D eigenvalue weighted by molar-refractivity contribution is 1.47. The second kappa shape index (κ2) is 4.35. The monoisotopic (exact) mass is 194 g/mol. The molecule has 0 atom stereocenters. The van der Waals surface area contributed by atoms with Gasteiger partial charge in [0, 0.05) is 0 Å². The molecule has 74 valence electrons. The molecule has 0 fully saturated rings. The van der Waals surface area contributed by atoms with E-state index in [4.69, 9.17) is 0 Å². The maximum atomic E-state index is 2.20. The summed E-state index contributed by atoms with van der Waals surface area (Å²) in [5, 5.41) is 0. The summed E-state index contributed by atoms with van der Waals surface area (Å²) in [5.74, 6) is 0. The van der Waals surface area contributed by atoms with E-state index in [9.17, 15) is 0 Å². The van der Waals surface area contributed by atoms with E-state index in [0.29, 0.717) is 0 Å². The van der Waals surface area contributed by atoms with E-state index in [0.717, 1.165) is 7.28 Å². The van der Waals surface area contributed by atoms with Gasteiger partial charge in [0.2, 0.25) is 0 Å². The predicted molar refractivity (Wildman–Crippen MR) is 69.3 cm³/mol. The average Bonchev–Trinajstić information content (AvgIpc) is 2.30. The Labute approximate surface area is 92.2 Å². The van der Waals surface area contributed by atoms with Crippen LogP contribution >= 0.6 is 0 Å². The van der Waals surface area contributed by atoms with Crippen LogP contribution in [0.4, 0.5) is 0 Å². The van der Waals surface area contributed by atoms with Crippen molar-refractivity contribution in [1.29, 1.82) is 0 Å². The zero-order valence-electron chi connectivity index (χ0n) is 9.33. The number of benzene rings is 2. The minimum absolute atomic E-state index is 1.11. The van der Waals surface area contributed by atoms with Crippen molar-refractivity contribution in [2.75, 3.05) is 0 Å². The topological polar surface area (TPSA) is 0 Å². The molecule has 0 nitrogen and oxygen atoms in total. The molecule has 1 heteroatoms. The molecule has 0 N–H and O–H groups in total. The van der Waals surface area contributed by atoms with Crippen molar-refractivity contribution < 1.29 is 0 Å². The lowest BCUT2D eigenvalue weighted by Gasteiger charge is -2.03. The van der Waals surface area contributed by atoms with E-state index in [1.54, 1.807) is 0 Å². The van der Waals surface area contributed by atoms with Gasteiger partial charge in [0.15, 0.2) is 7.28 Å². The third kappa shape index (κ3) is 2.30. The van der Waals surface area contributed by atoms with E-state index in [-0.39, 0.29) is 0 Å². The Bertz CT molecular complexity index is 426. The summed E-state index contributed by atoms with van der Waals surface area (Å²) in [5.41, 5.74) is 5.30. The zero-order chi connectivity index (χ0) is 10.7. The SMILES string of the molecule is CBc1ccc(-c2ccc(C)cc2)cc1. The minimum atomic E-state index is 1.11. The Hall–Kier alpha value is -1.50. The highest BCUT2D eigenvalue weighted by Crippen LogP contribution is 2.18. The van der Waals surface area contributed by atoms with Crippen LogP contribution in [-0.4, -0.2) is 7.28 Å². The van der Waals surface area contributed by atoms with Crippen molar-refractivity contribution in [3.63, 3.8) is 0 Å². The normalized spacial score (nSPS) is 10.0. The smallest absolute Gasteiger partial charge is 0.0849 e. The second-order valence-electron chi connectivity index (χ2n) is 3.92. The maximum Gasteiger partial charge on any atom is 0.154 e. The van der Waals surface area contributed by atoms with E-state index < -0.39 is 0 Å². The fraction of sp³-hybridized carbons (Fsp3) is 0.143. The minimum Gasteiger partial charge on any atom is -0.0849 e. The van der Waals surface area contributed by atoms with Gasteiger partial charge in [-0.1, -0.05) is 66.4 Å². The van der Waals surface area contributed by atoms with Crippen LogP contribution in [0.5, 0.6) is 0 Å². The van der Waals surface area contributed by atoms with Gasteiger partial charge in [0.1, 0.15) is 0 Å². The fourth-order valence-electron chi connectivity index (χ4n) is 1.68. The lowest BCUT2D eigenvalue weighted by atomic mass is 9.73. The Morgan fingerprint density at radius 3 is 1.67 bits per heavy atom. The van der Waals surface area contributed by atoms with Crippen molar-refractivity contribution in [2.45, 2.75) is 13.7 Å². The second-order valence-corrected chi connectivity index (χ2v) is 3.92. The Morgan fingerprint density at radius 2 is 1.20 bits per heavy atom. The molecule has 2 rings (SSSR count). The quantitative estimate of drug-likeness (QED) is 0.645. The van der Waals surface area contributed by atoms with Crippen LogP contribution in [0.3, 0.4) is 0 Å². The molecule has 2 aromatic carbocycles. The van der Waals surface area contributed by atoms with Gasteiger partial charge >= 0.3 is 0 Å². The summed E-state index contributed by atoms with van der Waals surface area (Å²) >= 11 is 0. The molecule has 2 aromatic rings. The first-order valence-electron chi connectivity index (χ1n) is 5.45. The molecule has 0 bridgehead atoms. The summed E-state index contributed by atoms with van der Waals surface area (Å²) in [6.45, 7) is 4.30. The third-order valence-electron chi connectivity index (χ3n) is 2.75. The molecular weight excluding hydrogens is 179 g/mol. The van der Waals surface area contributed by atoms with Crippen LogP contribution in [0.25, 0.3) is 11.1 Å². The summed E-state index contributed by atoms with van der Waals surface area (Å²) in [7, 11) is 1.11.